The van der Waals surface area contributed by atoms with Crippen molar-refractivity contribution < 1.29 is 18.6 Å². The molecular weight excluding hydrogens is 240 g/mol. The summed E-state index contributed by atoms with van der Waals surface area (Å²) in [4.78, 5) is 0. The second-order valence-electron chi connectivity index (χ2n) is 4.82. The molecule has 0 heterocycles. The minimum Gasteiger partial charge on any atom is -0.506 e. The third-order valence-electron chi connectivity index (χ3n) is 3.26. The summed E-state index contributed by atoms with van der Waals surface area (Å²) >= 11 is 0. The molecule has 2 rings (SSSR count). The summed E-state index contributed by atoms with van der Waals surface area (Å²) in [6, 6.07) is 4.68. The smallest absolute Gasteiger partial charge is 0.248 e. The molecule has 18 heavy (non-hydrogen) atoms. The van der Waals surface area contributed by atoms with Gasteiger partial charge in [0.25, 0.3) is 0 Å². The van der Waals surface area contributed by atoms with Crippen LogP contribution in [0.2, 0.25) is 0 Å². The Kier molecular flexibility index (Phi) is 3.59. The summed E-state index contributed by atoms with van der Waals surface area (Å²) in [7, 11) is 0. The molecule has 3 N–H and O–H groups in total. The van der Waals surface area contributed by atoms with E-state index in [-0.39, 0.29) is 36.8 Å². The Balaban J connectivity index is 1.93. The molecule has 0 aliphatic heterocycles. The zero-order valence-electron chi connectivity index (χ0n) is 10.0. The molecule has 0 spiro atoms. The van der Waals surface area contributed by atoms with Gasteiger partial charge in [-0.3, -0.25) is 0 Å². The standard InChI is InChI=1S/C13H17F2NO2/c14-13(15)6-2-3-9(7-13)8-18-11-5-1-4-10(17)12(11)16/h1,4-5,9,17H,2-3,6-8,16H2. The number of ether oxygens (including phenoxy) is 1. The van der Waals surface area contributed by atoms with Crippen molar-refractivity contribution in [1.82, 2.24) is 0 Å². The average molecular weight is 257 g/mol. The number of nitrogen functional groups attached to an aromatic ring is 1. The molecule has 1 aromatic carbocycles. The van der Waals surface area contributed by atoms with Crippen LogP contribution in [0.15, 0.2) is 18.2 Å². The third kappa shape index (κ3) is 3.03. The van der Waals surface area contributed by atoms with Crippen LogP contribution in [0.5, 0.6) is 11.5 Å². The minimum absolute atomic E-state index is 0.0300. The number of rotatable bonds is 3. The highest BCUT2D eigenvalue weighted by molar-refractivity contribution is 5.61. The molecular formula is C13H17F2NO2. The Hall–Kier alpha value is -1.52. The number of alkyl halides is 2. The first-order chi connectivity index (χ1) is 8.48. The maximum atomic E-state index is 13.2. The van der Waals surface area contributed by atoms with Gasteiger partial charge in [-0.25, -0.2) is 8.78 Å². The maximum absolute atomic E-state index is 13.2. The van der Waals surface area contributed by atoms with Crippen LogP contribution in [0.25, 0.3) is 0 Å². The predicted molar refractivity (Wildman–Crippen MR) is 64.9 cm³/mol. The Morgan fingerprint density at radius 1 is 1.44 bits per heavy atom. The molecule has 3 nitrogen and oxygen atoms in total. The van der Waals surface area contributed by atoms with E-state index in [1.807, 2.05) is 0 Å². The molecule has 1 unspecified atom stereocenters. The third-order valence-corrected chi connectivity index (χ3v) is 3.26. The first-order valence-electron chi connectivity index (χ1n) is 6.06. The van der Waals surface area contributed by atoms with Crippen LogP contribution >= 0.6 is 0 Å². The van der Waals surface area contributed by atoms with Gasteiger partial charge in [0, 0.05) is 12.8 Å². The molecule has 1 atom stereocenters. The monoisotopic (exact) mass is 257 g/mol. The summed E-state index contributed by atoms with van der Waals surface area (Å²) in [5, 5.41) is 9.40. The van der Waals surface area contributed by atoms with Crippen molar-refractivity contribution >= 4 is 5.69 Å². The van der Waals surface area contributed by atoms with Crippen LogP contribution in [0.4, 0.5) is 14.5 Å². The van der Waals surface area contributed by atoms with E-state index >= 15 is 0 Å². The van der Waals surface area contributed by atoms with Gasteiger partial charge in [-0.05, 0) is 30.9 Å². The van der Waals surface area contributed by atoms with Crippen molar-refractivity contribution in [1.29, 1.82) is 0 Å². The molecule has 0 aromatic heterocycles. The zero-order valence-corrected chi connectivity index (χ0v) is 10.0. The average Bonchev–Trinajstić information content (AvgIpc) is 2.30. The highest BCUT2D eigenvalue weighted by atomic mass is 19.3. The molecule has 1 fully saturated rings. The van der Waals surface area contributed by atoms with E-state index < -0.39 is 5.92 Å². The number of phenolic OH excluding ortho intramolecular Hbond substituents is 1. The van der Waals surface area contributed by atoms with Crippen molar-refractivity contribution in [3.05, 3.63) is 18.2 Å². The number of phenols is 1. The van der Waals surface area contributed by atoms with E-state index in [9.17, 15) is 13.9 Å². The van der Waals surface area contributed by atoms with E-state index in [0.717, 1.165) is 6.42 Å². The largest absolute Gasteiger partial charge is 0.506 e. The molecule has 5 heteroatoms. The fourth-order valence-corrected chi connectivity index (χ4v) is 2.28. The fraction of sp³-hybridized carbons (Fsp3) is 0.538. The van der Waals surface area contributed by atoms with Crippen molar-refractivity contribution in [3.8, 4) is 11.5 Å². The summed E-state index contributed by atoms with van der Waals surface area (Å²) in [5.41, 5.74) is 5.78. The van der Waals surface area contributed by atoms with E-state index in [1.54, 1.807) is 12.1 Å². The lowest BCUT2D eigenvalue weighted by Gasteiger charge is -2.28. The molecule has 0 amide bonds. The molecule has 0 bridgehead atoms. The zero-order chi connectivity index (χ0) is 13.2. The summed E-state index contributed by atoms with van der Waals surface area (Å²) < 4.78 is 31.8. The predicted octanol–water partition coefficient (Wildman–Crippen LogP) is 3.18. The minimum atomic E-state index is -2.57. The van der Waals surface area contributed by atoms with Gasteiger partial charge in [0.2, 0.25) is 5.92 Å². The molecule has 1 aliphatic carbocycles. The number of para-hydroxylation sites is 1. The van der Waals surface area contributed by atoms with Crippen molar-refractivity contribution in [2.45, 2.75) is 31.6 Å². The number of nitrogens with two attached hydrogens (primary N) is 1. The number of aromatic hydroxyl groups is 1. The Morgan fingerprint density at radius 2 is 2.22 bits per heavy atom. The SMILES string of the molecule is Nc1c(O)cccc1OCC1CCCC(F)(F)C1. The van der Waals surface area contributed by atoms with Crippen LogP contribution in [-0.4, -0.2) is 17.6 Å². The van der Waals surface area contributed by atoms with Gasteiger partial charge in [-0.15, -0.1) is 0 Å². The lowest BCUT2D eigenvalue weighted by molar-refractivity contribution is -0.0585. The molecule has 0 saturated heterocycles. The Labute approximate surface area is 105 Å². The Bertz CT molecular complexity index is 423. The molecule has 1 saturated carbocycles. The lowest BCUT2D eigenvalue weighted by Crippen LogP contribution is -2.29. The quantitative estimate of drug-likeness (QED) is 0.646. The normalized spacial score (nSPS) is 22.7. The highest BCUT2D eigenvalue weighted by Gasteiger charge is 2.36. The van der Waals surface area contributed by atoms with E-state index in [2.05, 4.69) is 0 Å². The first kappa shape index (κ1) is 12.9. The van der Waals surface area contributed by atoms with Crippen LogP contribution in [0.3, 0.4) is 0 Å². The first-order valence-corrected chi connectivity index (χ1v) is 6.06. The topological polar surface area (TPSA) is 55.5 Å². The molecule has 100 valence electrons. The molecule has 0 radical (unpaired) electrons. The number of hydrogen-bond donors (Lipinski definition) is 2. The molecule has 1 aromatic rings. The second-order valence-corrected chi connectivity index (χ2v) is 4.82. The van der Waals surface area contributed by atoms with Crippen molar-refractivity contribution in [2.75, 3.05) is 12.3 Å². The number of anilines is 1. The van der Waals surface area contributed by atoms with Crippen molar-refractivity contribution in [2.24, 2.45) is 5.92 Å². The van der Waals surface area contributed by atoms with Gasteiger partial charge in [-0.2, -0.15) is 0 Å². The number of hydrogen-bond acceptors (Lipinski definition) is 3. The van der Waals surface area contributed by atoms with E-state index in [0.29, 0.717) is 12.2 Å². The summed E-state index contributed by atoms with van der Waals surface area (Å²) in [6.07, 6.45) is 1.11. The summed E-state index contributed by atoms with van der Waals surface area (Å²) in [5.74, 6) is -2.43. The van der Waals surface area contributed by atoms with E-state index in [1.165, 1.54) is 6.07 Å². The maximum Gasteiger partial charge on any atom is 0.248 e. The second kappa shape index (κ2) is 5.00. The van der Waals surface area contributed by atoms with Gasteiger partial charge in [0.1, 0.15) is 17.2 Å². The fourth-order valence-electron chi connectivity index (χ4n) is 2.28. The van der Waals surface area contributed by atoms with Crippen LogP contribution < -0.4 is 10.5 Å². The van der Waals surface area contributed by atoms with Gasteiger partial charge in [-0.1, -0.05) is 6.07 Å². The van der Waals surface area contributed by atoms with Crippen LogP contribution in [0, 0.1) is 5.92 Å². The number of halogens is 2. The highest BCUT2D eigenvalue weighted by Crippen LogP contribution is 2.37. The molecule has 1 aliphatic rings. The van der Waals surface area contributed by atoms with Gasteiger partial charge < -0.3 is 15.6 Å². The number of benzene rings is 1. The van der Waals surface area contributed by atoms with Crippen molar-refractivity contribution in [3.63, 3.8) is 0 Å². The van der Waals surface area contributed by atoms with Crippen LogP contribution in [-0.2, 0) is 0 Å². The van der Waals surface area contributed by atoms with Gasteiger partial charge in [0.05, 0.1) is 6.61 Å². The summed E-state index contributed by atoms with van der Waals surface area (Å²) in [6.45, 7) is 0.212. The van der Waals surface area contributed by atoms with Crippen LogP contribution in [0.1, 0.15) is 25.7 Å². The van der Waals surface area contributed by atoms with Gasteiger partial charge >= 0.3 is 0 Å². The lowest BCUT2D eigenvalue weighted by atomic mass is 9.87. The Morgan fingerprint density at radius 3 is 2.94 bits per heavy atom. The van der Waals surface area contributed by atoms with Gasteiger partial charge in [0.15, 0.2) is 0 Å². The van der Waals surface area contributed by atoms with E-state index in [4.69, 9.17) is 10.5 Å².